The molecule has 0 fully saturated rings. The Labute approximate surface area is 85.1 Å². The van der Waals surface area contributed by atoms with Crippen molar-refractivity contribution >= 4 is 23.2 Å². The SMILES string of the molecule is CC(=CCl)CNCC(Cl)C(C)C. The minimum atomic E-state index is 0.202. The van der Waals surface area contributed by atoms with Gasteiger partial charge in [0.1, 0.15) is 0 Å². The molecule has 0 aliphatic carbocycles. The van der Waals surface area contributed by atoms with Crippen LogP contribution in [0.15, 0.2) is 11.1 Å². The average molecular weight is 210 g/mol. The minimum Gasteiger partial charge on any atom is -0.311 e. The van der Waals surface area contributed by atoms with Crippen molar-refractivity contribution < 1.29 is 0 Å². The van der Waals surface area contributed by atoms with Gasteiger partial charge in [0.05, 0.1) is 0 Å². The largest absolute Gasteiger partial charge is 0.311 e. The van der Waals surface area contributed by atoms with E-state index in [0.717, 1.165) is 18.7 Å². The molecule has 0 radical (unpaired) electrons. The highest BCUT2D eigenvalue weighted by Gasteiger charge is 2.07. The Balaban J connectivity index is 3.43. The molecule has 72 valence electrons. The number of alkyl halides is 1. The van der Waals surface area contributed by atoms with E-state index in [2.05, 4.69) is 19.2 Å². The Morgan fingerprint density at radius 1 is 1.50 bits per heavy atom. The first-order valence-electron chi connectivity index (χ1n) is 4.18. The standard InChI is InChI=1S/C9H17Cl2N/c1-7(2)9(11)6-12-5-8(3)4-10/h4,7,9,12H,5-6H2,1-3H3. The third kappa shape index (κ3) is 5.87. The van der Waals surface area contributed by atoms with Crippen LogP contribution in [0.3, 0.4) is 0 Å². The van der Waals surface area contributed by atoms with Gasteiger partial charge in [-0.25, -0.2) is 0 Å². The second-order valence-electron chi connectivity index (χ2n) is 3.35. The van der Waals surface area contributed by atoms with E-state index in [4.69, 9.17) is 23.2 Å². The number of rotatable bonds is 5. The Morgan fingerprint density at radius 3 is 2.50 bits per heavy atom. The summed E-state index contributed by atoms with van der Waals surface area (Å²) in [4.78, 5) is 0. The lowest BCUT2D eigenvalue weighted by molar-refractivity contribution is 0.558. The summed E-state index contributed by atoms with van der Waals surface area (Å²) in [6, 6.07) is 0. The van der Waals surface area contributed by atoms with Crippen LogP contribution in [0, 0.1) is 5.92 Å². The number of halogens is 2. The van der Waals surface area contributed by atoms with Crippen LogP contribution in [0.1, 0.15) is 20.8 Å². The zero-order chi connectivity index (χ0) is 9.56. The molecule has 3 heteroatoms. The quantitative estimate of drug-likeness (QED) is 0.688. The van der Waals surface area contributed by atoms with Gasteiger partial charge in [0, 0.05) is 24.0 Å². The first-order chi connectivity index (χ1) is 5.57. The van der Waals surface area contributed by atoms with E-state index in [1.807, 2.05) is 6.92 Å². The van der Waals surface area contributed by atoms with Crippen molar-refractivity contribution in [1.82, 2.24) is 5.32 Å². The van der Waals surface area contributed by atoms with Crippen LogP contribution in [-0.2, 0) is 0 Å². The van der Waals surface area contributed by atoms with Gasteiger partial charge in [-0.05, 0) is 18.4 Å². The molecule has 12 heavy (non-hydrogen) atoms. The summed E-state index contributed by atoms with van der Waals surface area (Å²) in [5, 5.41) is 3.43. The molecule has 0 aromatic heterocycles. The lowest BCUT2D eigenvalue weighted by atomic mass is 10.1. The Kier molecular flexibility index (Phi) is 6.92. The Hall–Kier alpha value is 0.280. The molecule has 0 spiro atoms. The molecule has 1 nitrogen and oxygen atoms in total. The fraction of sp³-hybridized carbons (Fsp3) is 0.778. The van der Waals surface area contributed by atoms with E-state index >= 15 is 0 Å². The highest BCUT2D eigenvalue weighted by Crippen LogP contribution is 2.07. The van der Waals surface area contributed by atoms with Gasteiger partial charge in [0.15, 0.2) is 0 Å². The molecule has 0 aromatic carbocycles. The summed E-state index contributed by atoms with van der Waals surface area (Å²) in [6.07, 6.45) is 0. The number of hydrogen-bond donors (Lipinski definition) is 1. The molecular weight excluding hydrogens is 193 g/mol. The van der Waals surface area contributed by atoms with Gasteiger partial charge < -0.3 is 5.32 Å². The molecule has 0 saturated carbocycles. The van der Waals surface area contributed by atoms with Crippen molar-refractivity contribution in [3.63, 3.8) is 0 Å². The molecule has 1 atom stereocenters. The predicted octanol–water partition coefficient (Wildman–Crippen LogP) is 2.98. The maximum absolute atomic E-state index is 6.03. The molecular formula is C9H17Cl2N. The maximum Gasteiger partial charge on any atom is 0.0483 e. The molecule has 0 rings (SSSR count). The van der Waals surface area contributed by atoms with Crippen molar-refractivity contribution in [1.29, 1.82) is 0 Å². The number of nitrogens with one attached hydrogen (secondary N) is 1. The van der Waals surface area contributed by atoms with Gasteiger partial charge in [0.25, 0.3) is 0 Å². The summed E-state index contributed by atoms with van der Waals surface area (Å²) in [5.41, 5.74) is 2.72. The Morgan fingerprint density at radius 2 is 2.08 bits per heavy atom. The summed E-state index contributed by atoms with van der Waals surface area (Å²) in [7, 11) is 0. The van der Waals surface area contributed by atoms with Crippen LogP contribution in [0.5, 0.6) is 0 Å². The van der Waals surface area contributed by atoms with E-state index in [1.54, 1.807) is 5.54 Å². The first-order valence-corrected chi connectivity index (χ1v) is 5.05. The fourth-order valence-electron chi connectivity index (χ4n) is 0.682. The van der Waals surface area contributed by atoms with Crippen LogP contribution < -0.4 is 5.32 Å². The molecule has 0 aromatic rings. The third-order valence-corrected chi connectivity index (χ3v) is 2.68. The summed E-state index contributed by atoms with van der Waals surface area (Å²) < 4.78 is 0. The summed E-state index contributed by atoms with van der Waals surface area (Å²) in [5.74, 6) is 0.513. The Bertz CT molecular complexity index is 143. The third-order valence-electron chi connectivity index (χ3n) is 1.65. The topological polar surface area (TPSA) is 12.0 Å². The monoisotopic (exact) mass is 209 g/mol. The second kappa shape index (κ2) is 6.76. The fourth-order valence-corrected chi connectivity index (χ4v) is 0.868. The molecule has 0 saturated heterocycles. The molecule has 0 aliphatic rings. The van der Waals surface area contributed by atoms with Gasteiger partial charge in [-0.2, -0.15) is 0 Å². The van der Waals surface area contributed by atoms with Crippen LogP contribution in [-0.4, -0.2) is 18.5 Å². The average Bonchev–Trinajstić information content (AvgIpc) is 2.03. The predicted molar refractivity (Wildman–Crippen MR) is 57.0 cm³/mol. The maximum atomic E-state index is 6.03. The number of hydrogen-bond acceptors (Lipinski definition) is 1. The highest BCUT2D eigenvalue weighted by atomic mass is 35.5. The zero-order valence-corrected chi connectivity index (χ0v) is 9.41. The van der Waals surface area contributed by atoms with Crippen LogP contribution in [0.4, 0.5) is 0 Å². The molecule has 1 unspecified atom stereocenters. The zero-order valence-electron chi connectivity index (χ0n) is 7.90. The summed E-state index contributed by atoms with van der Waals surface area (Å²) >= 11 is 11.5. The first kappa shape index (κ1) is 12.3. The van der Waals surface area contributed by atoms with Crippen LogP contribution >= 0.6 is 23.2 Å². The van der Waals surface area contributed by atoms with E-state index < -0.39 is 0 Å². The van der Waals surface area contributed by atoms with Crippen molar-refractivity contribution in [2.45, 2.75) is 26.1 Å². The lowest BCUT2D eigenvalue weighted by Crippen LogP contribution is -2.27. The molecule has 0 heterocycles. The van der Waals surface area contributed by atoms with Crippen molar-refractivity contribution in [3.8, 4) is 0 Å². The highest BCUT2D eigenvalue weighted by molar-refractivity contribution is 6.25. The van der Waals surface area contributed by atoms with Gasteiger partial charge in [-0.15, -0.1) is 11.6 Å². The van der Waals surface area contributed by atoms with Gasteiger partial charge in [0.2, 0.25) is 0 Å². The van der Waals surface area contributed by atoms with Crippen LogP contribution in [0.2, 0.25) is 0 Å². The van der Waals surface area contributed by atoms with Gasteiger partial charge >= 0.3 is 0 Å². The van der Waals surface area contributed by atoms with E-state index in [1.165, 1.54) is 0 Å². The minimum absolute atomic E-state index is 0.202. The molecule has 0 aliphatic heterocycles. The molecule has 0 amide bonds. The molecule has 1 N–H and O–H groups in total. The van der Waals surface area contributed by atoms with E-state index in [9.17, 15) is 0 Å². The van der Waals surface area contributed by atoms with Gasteiger partial charge in [-0.3, -0.25) is 0 Å². The van der Waals surface area contributed by atoms with Crippen molar-refractivity contribution in [2.24, 2.45) is 5.92 Å². The van der Waals surface area contributed by atoms with E-state index in [-0.39, 0.29) is 5.38 Å². The lowest BCUT2D eigenvalue weighted by Gasteiger charge is -2.13. The second-order valence-corrected chi connectivity index (χ2v) is 4.13. The van der Waals surface area contributed by atoms with Gasteiger partial charge in [-0.1, -0.05) is 25.4 Å². The normalized spacial score (nSPS) is 15.3. The van der Waals surface area contributed by atoms with Crippen molar-refractivity contribution in [2.75, 3.05) is 13.1 Å². The van der Waals surface area contributed by atoms with Crippen molar-refractivity contribution in [3.05, 3.63) is 11.1 Å². The summed E-state index contributed by atoms with van der Waals surface area (Å²) in [6.45, 7) is 7.87. The molecule has 0 bridgehead atoms. The smallest absolute Gasteiger partial charge is 0.0483 e. The van der Waals surface area contributed by atoms with E-state index in [0.29, 0.717) is 5.92 Å². The van der Waals surface area contributed by atoms with Crippen LogP contribution in [0.25, 0.3) is 0 Å².